The van der Waals surface area contributed by atoms with Crippen molar-refractivity contribution in [2.45, 2.75) is 0 Å². The summed E-state index contributed by atoms with van der Waals surface area (Å²) >= 11 is 5.90. The zero-order valence-corrected chi connectivity index (χ0v) is 13.1. The SMILES string of the molecule is O=[N+]([O-])c1cccnc1N/N=C\c1cccn1-c1ccc(Cl)cc1. The average Bonchev–Trinajstić information content (AvgIpc) is 3.04. The van der Waals surface area contributed by atoms with Gasteiger partial charge in [0.2, 0.25) is 5.82 Å². The van der Waals surface area contributed by atoms with Crippen LogP contribution in [0.25, 0.3) is 5.69 Å². The van der Waals surface area contributed by atoms with Crippen molar-refractivity contribution in [2.24, 2.45) is 5.10 Å². The number of aromatic nitrogens is 2. The maximum Gasteiger partial charge on any atom is 0.313 e. The van der Waals surface area contributed by atoms with E-state index in [0.717, 1.165) is 11.4 Å². The highest BCUT2D eigenvalue weighted by Crippen LogP contribution is 2.20. The first-order chi connectivity index (χ1) is 11.6. The third-order valence-corrected chi connectivity index (χ3v) is 3.49. The lowest BCUT2D eigenvalue weighted by Gasteiger charge is -2.06. The molecule has 0 bridgehead atoms. The van der Waals surface area contributed by atoms with Crippen LogP contribution in [0.3, 0.4) is 0 Å². The second-order valence-electron chi connectivity index (χ2n) is 4.78. The molecule has 0 aliphatic carbocycles. The van der Waals surface area contributed by atoms with Crippen LogP contribution in [-0.2, 0) is 0 Å². The van der Waals surface area contributed by atoms with Gasteiger partial charge < -0.3 is 4.57 Å². The molecule has 8 heteroatoms. The first-order valence-electron chi connectivity index (χ1n) is 6.97. The quantitative estimate of drug-likeness (QED) is 0.433. The Morgan fingerprint density at radius 2 is 2.00 bits per heavy atom. The van der Waals surface area contributed by atoms with Gasteiger partial charge >= 0.3 is 5.69 Å². The first-order valence-corrected chi connectivity index (χ1v) is 7.35. The monoisotopic (exact) mass is 341 g/mol. The summed E-state index contributed by atoms with van der Waals surface area (Å²) in [6, 6.07) is 14.0. The minimum absolute atomic E-state index is 0.0864. The molecule has 0 radical (unpaired) electrons. The molecule has 3 aromatic rings. The van der Waals surface area contributed by atoms with Crippen LogP contribution in [0.1, 0.15) is 5.69 Å². The van der Waals surface area contributed by atoms with Crippen molar-refractivity contribution in [1.29, 1.82) is 0 Å². The molecule has 1 aromatic carbocycles. The van der Waals surface area contributed by atoms with Crippen LogP contribution in [0.2, 0.25) is 5.02 Å². The van der Waals surface area contributed by atoms with E-state index < -0.39 is 4.92 Å². The van der Waals surface area contributed by atoms with Crippen LogP contribution < -0.4 is 5.43 Å². The summed E-state index contributed by atoms with van der Waals surface area (Å²) in [5.74, 6) is 0.0864. The van der Waals surface area contributed by atoms with Gasteiger partial charge in [0.15, 0.2) is 0 Å². The van der Waals surface area contributed by atoms with E-state index in [1.165, 1.54) is 18.3 Å². The van der Waals surface area contributed by atoms with E-state index in [4.69, 9.17) is 11.6 Å². The van der Waals surface area contributed by atoms with Crippen LogP contribution in [-0.4, -0.2) is 20.7 Å². The third kappa shape index (κ3) is 3.41. The lowest BCUT2D eigenvalue weighted by molar-refractivity contribution is -0.384. The molecule has 0 aliphatic heterocycles. The van der Waals surface area contributed by atoms with Gasteiger partial charge in [-0.25, -0.2) is 4.98 Å². The van der Waals surface area contributed by atoms with Crippen molar-refractivity contribution in [2.75, 3.05) is 5.43 Å². The molecule has 0 spiro atoms. The van der Waals surface area contributed by atoms with Gasteiger partial charge in [0.05, 0.1) is 16.8 Å². The molecule has 1 N–H and O–H groups in total. The van der Waals surface area contributed by atoms with E-state index in [2.05, 4.69) is 15.5 Å². The number of benzene rings is 1. The van der Waals surface area contributed by atoms with Crippen molar-refractivity contribution in [3.8, 4) is 5.69 Å². The highest BCUT2D eigenvalue weighted by molar-refractivity contribution is 6.30. The van der Waals surface area contributed by atoms with Crippen molar-refractivity contribution >= 4 is 29.3 Å². The maximum atomic E-state index is 10.9. The highest BCUT2D eigenvalue weighted by Gasteiger charge is 2.12. The summed E-state index contributed by atoms with van der Waals surface area (Å²) < 4.78 is 1.91. The molecule has 0 atom stereocenters. The number of anilines is 1. The Kier molecular flexibility index (Phi) is 4.53. The molecule has 0 fully saturated rings. The highest BCUT2D eigenvalue weighted by atomic mass is 35.5. The smallest absolute Gasteiger partial charge is 0.313 e. The van der Waals surface area contributed by atoms with Crippen LogP contribution >= 0.6 is 11.6 Å². The molecule has 3 rings (SSSR count). The maximum absolute atomic E-state index is 10.9. The number of rotatable bonds is 5. The van der Waals surface area contributed by atoms with Crippen molar-refractivity contribution in [3.05, 3.63) is 81.8 Å². The number of nitro groups is 1. The Morgan fingerprint density at radius 3 is 2.75 bits per heavy atom. The number of halogens is 1. The van der Waals surface area contributed by atoms with E-state index in [1.807, 2.05) is 35.0 Å². The molecule has 24 heavy (non-hydrogen) atoms. The van der Waals surface area contributed by atoms with Crippen molar-refractivity contribution in [1.82, 2.24) is 9.55 Å². The minimum Gasteiger partial charge on any atom is -0.316 e. The van der Waals surface area contributed by atoms with E-state index in [-0.39, 0.29) is 11.5 Å². The summed E-state index contributed by atoms with van der Waals surface area (Å²) in [4.78, 5) is 14.3. The van der Waals surface area contributed by atoms with Gasteiger partial charge in [-0.3, -0.25) is 15.5 Å². The normalized spacial score (nSPS) is 10.9. The molecule has 2 aromatic heterocycles. The van der Waals surface area contributed by atoms with Gasteiger partial charge in [0.1, 0.15) is 0 Å². The van der Waals surface area contributed by atoms with E-state index in [1.54, 1.807) is 18.3 Å². The molecule has 0 unspecified atom stereocenters. The van der Waals surface area contributed by atoms with Crippen molar-refractivity contribution in [3.63, 3.8) is 0 Å². The molecule has 7 nitrogen and oxygen atoms in total. The zero-order chi connectivity index (χ0) is 16.9. The molecule has 2 heterocycles. The van der Waals surface area contributed by atoms with Crippen LogP contribution in [0.4, 0.5) is 11.5 Å². The van der Waals surface area contributed by atoms with Gasteiger partial charge in [-0.1, -0.05) is 11.6 Å². The van der Waals surface area contributed by atoms with E-state index >= 15 is 0 Å². The zero-order valence-electron chi connectivity index (χ0n) is 12.3. The molecule has 120 valence electrons. The lowest BCUT2D eigenvalue weighted by Crippen LogP contribution is -2.01. The van der Waals surface area contributed by atoms with E-state index in [0.29, 0.717) is 5.02 Å². The van der Waals surface area contributed by atoms with Gasteiger partial charge in [0.25, 0.3) is 0 Å². The molecule has 0 aliphatic rings. The number of hydrogen-bond acceptors (Lipinski definition) is 5. The third-order valence-electron chi connectivity index (χ3n) is 3.24. The number of nitrogens with zero attached hydrogens (tertiary/aromatic N) is 4. The van der Waals surface area contributed by atoms with Crippen LogP contribution in [0, 0.1) is 10.1 Å². The predicted octanol–water partition coefficient (Wildman–Crippen LogP) is 3.88. The molecular weight excluding hydrogens is 330 g/mol. The standard InChI is InChI=1S/C16H12ClN5O2/c17-12-5-7-13(8-6-12)21-10-2-3-14(21)11-19-20-16-15(22(23)24)4-1-9-18-16/h1-11H,(H,18,20)/b19-11-. The molecule has 0 saturated carbocycles. The fourth-order valence-corrected chi connectivity index (χ4v) is 2.25. The van der Waals surface area contributed by atoms with Gasteiger partial charge in [0, 0.05) is 29.2 Å². The topological polar surface area (TPSA) is 85.3 Å². The van der Waals surface area contributed by atoms with Gasteiger partial charge in [-0.05, 0) is 42.5 Å². The summed E-state index contributed by atoms with van der Waals surface area (Å²) in [6.07, 6.45) is 4.90. The number of nitrogens with one attached hydrogen (secondary N) is 1. The lowest BCUT2D eigenvalue weighted by atomic mass is 10.3. The molecular formula is C16H12ClN5O2. The van der Waals surface area contributed by atoms with Crippen LogP contribution in [0.5, 0.6) is 0 Å². The Balaban J connectivity index is 1.81. The Morgan fingerprint density at radius 1 is 1.21 bits per heavy atom. The first kappa shape index (κ1) is 15.7. The number of hydrazone groups is 1. The van der Waals surface area contributed by atoms with Crippen LogP contribution in [0.15, 0.2) is 66.0 Å². The molecule has 0 saturated heterocycles. The largest absolute Gasteiger partial charge is 0.316 e. The van der Waals surface area contributed by atoms with Gasteiger partial charge in [-0.15, -0.1) is 0 Å². The Labute approximate surface area is 142 Å². The number of hydrogen-bond donors (Lipinski definition) is 1. The summed E-state index contributed by atoms with van der Waals surface area (Å²) in [6.45, 7) is 0. The predicted molar refractivity (Wildman–Crippen MR) is 92.9 cm³/mol. The summed E-state index contributed by atoms with van der Waals surface area (Å²) in [5.41, 5.74) is 4.19. The van der Waals surface area contributed by atoms with E-state index in [9.17, 15) is 10.1 Å². The Hall–Kier alpha value is -3.19. The summed E-state index contributed by atoms with van der Waals surface area (Å²) in [5, 5.41) is 15.6. The fourth-order valence-electron chi connectivity index (χ4n) is 2.13. The van der Waals surface area contributed by atoms with Gasteiger partial charge in [-0.2, -0.15) is 5.10 Å². The summed E-state index contributed by atoms with van der Waals surface area (Å²) in [7, 11) is 0. The molecule has 0 amide bonds. The number of pyridine rings is 1. The second-order valence-corrected chi connectivity index (χ2v) is 5.21. The van der Waals surface area contributed by atoms with Crippen molar-refractivity contribution < 1.29 is 4.92 Å². The second kappa shape index (κ2) is 6.93. The average molecular weight is 342 g/mol. The minimum atomic E-state index is -0.513. The fraction of sp³-hybridized carbons (Fsp3) is 0. The Bertz CT molecular complexity index is 889.